The Bertz CT molecular complexity index is 1090. The number of aromatic nitrogens is 1. The number of pyridine rings is 1. The fourth-order valence-corrected chi connectivity index (χ4v) is 4.61. The molecule has 6 heteroatoms. The van der Waals surface area contributed by atoms with Gasteiger partial charge in [-0.2, -0.15) is 0 Å². The van der Waals surface area contributed by atoms with Crippen molar-refractivity contribution in [3.63, 3.8) is 0 Å². The van der Waals surface area contributed by atoms with Gasteiger partial charge in [0.1, 0.15) is 12.1 Å². The van der Waals surface area contributed by atoms with Gasteiger partial charge in [-0.1, -0.05) is 30.3 Å². The maximum absolute atomic E-state index is 11.3. The Morgan fingerprint density at radius 1 is 1.06 bits per heavy atom. The van der Waals surface area contributed by atoms with Gasteiger partial charge < -0.3 is 24.9 Å². The van der Waals surface area contributed by atoms with E-state index in [9.17, 15) is 4.79 Å². The standard InChI is InChI=1S/C25H27N3O3/c26-25-23(28-8-11-30-12-9-28)15-19-14-18(5-6-22(19)27-25)20-3-1-2-4-21(20)24-13-17(16-29)7-10-31-24/h1-6,14-17,24H,7-13H2,(H2,26,27). The number of ether oxygens (including phenoxy) is 2. The molecule has 0 radical (unpaired) electrons. The van der Waals surface area contributed by atoms with E-state index in [1.54, 1.807) is 0 Å². The molecule has 0 spiro atoms. The Morgan fingerprint density at radius 3 is 2.74 bits per heavy atom. The Hall–Kier alpha value is -2.96. The predicted molar refractivity (Wildman–Crippen MR) is 122 cm³/mol. The zero-order valence-corrected chi connectivity index (χ0v) is 17.5. The molecule has 0 bridgehead atoms. The Kier molecular flexibility index (Phi) is 5.57. The summed E-state index contributed by atoms with van der Waals surface area (Å²) in [6.45, 7) is 3.65. The number of carbonyl (C=O) groups excluding carboxylic acids is 1. The molecule has 2 unspecified atom stereocenters. The van der Waals surface area contributed by atoms with Crippen LogP contribution in [0.3, 0.4) is 0 Å². The third-order valence-corrected chi connectivity index (χ3v) is 6.31. The van der Waals surface area contributed by atoms with E-state index in [-0.39, 0.29) is 12.0 Å². The van der Waals surface area contributed by atoms with Gasteiger partial charge in [0, 0.05) is 31.0 Å². The van der Waals surface area contributed by atoms with Crippen LogP contribution in [0.5, 0.6) is 0 Å². The van der Waals surface area contributed by atoms with Crippen LogP contribution in [0, 0.1) is 5.92 Å². The van der Waals surface area contributed by atoms with E-state index in [2.05, 4.69) is 40.2 Å². The number of rotatable bonds is 4. The molecule has 1 aromatic heterocycles. The zero-order valence-electron chi connectivity index (χ0n) is 17.5. The number of nitrogens with two attached hydrogens (primary N) is 1. The van der Waals surface area contributed by atoms with Crippen LogP contribution in [0.4, 0.5) is 11.5 Å². The van der Waals surface area contributed by atoms with Crippen molar-refractivity contribution < 1.29 is 14.3 Å². The van der Waals surface area contributed by atoms with Gasteiger partial charge in [-0.3, -0.25) is 0 Å². The molecule has 2 aromatic carbocycles. The van der Waals surface area contributed by atoms with Crippen molar-refractivity contribution in [1.82, 2.24) is 4.98 Å². The second-order valence-corrected chi connectivity index (χ2v) is 8.27. The van der Waals surface area contributed by atoms with Crippen molar-refractivity contribution in [3.05, 3.63) is 54.1 Å². The van der Waals surface area contributed by atoms with Crippen LogP contribution < -0.4 is 10.6 Å². The highest BCUT2D eigenvalue weighted by Gasteiger charge is 2.25. The van der Waals surface area contributed by atoms with E-state index in [1.807, 2.05) is 18.2 Å². The minimum atomic E-state index is -0.0655. The average molecular weight is 418 g/mol. The Labute approximate surface area is 182 Å². The molecular weight excluding hydrogens is 390 g/mol. The van der Waals surface area contributed by atoms with Crippen LogP contribution in [-0.2, 0) is 14.3 Å². The summed E-state index contributed by atoms with van der Waals surface area (Å²) in [6.07, 6.45) is 2.53. The summed E-state index contributed by atoms with van der Waals surface area (Å²) in [5, 5.41) is 1.05. The highest BCUT2D eigenvalue weighted by atomic mass is 16.5. The van der Waals surface area contributed by atoms with Crippen molar-refractivity contribution >= 4 is 28.7 Å². The molecule has 5 rings (SSSR count). The Morgan fingerprint density at radius 2 is 1.90 bits per heavy atom. The predicted octanol–water partition coefficient (Wildman–Crippen LogP) is 3.99. The van der Waals surface area contributed by atoms with Crippen LogP contribution >= 0.6 is 0 Å². The van der Waals surface area contributed by atoms with E-state index in [0.29, 0.717) is 25.6 Å². The molecule has 2 aliphatic rings. The zero-order chi connectivity index (χ0) is 21.2. The molecular formula is C25H27N3O3. The van der Waals surface area contributed by atoms with Crippen LogP contribution in [-0.4, -0.2) is 44.2 Å². The largest absolute Gasteiger partial charge is 0.382 e. The molecule has 0 aliphatic carbocycles. The monoisotopic (exact) mass is 417 g/mol. The summed E-state index contributed by atoms with van der Waals surface area (Å²) in [6, 6.07) is 16.7. The molecule has 160 valence electrons. The van der Waals surface area contributed by atoms with Crippen molar-refractivity contribution in [2.45, 2.75) is 18.9 Å². The fourth-order valence-electron chi connectivity index (χ4n) is 4.61. The van der Waals surface area contributed by atoms with Crippen molar-refractivity contribution in [2.75, 3.05) is 43.5 Å². The van der Waals surface area contributed by atoms with Gasteiger partial charge in [-0.25, -0.2) is 4.98 Å². The number of hydrogen-bond acceptors (Lipinski definition) is 6. The van der Waals surface area contributed by atoms with Crippen LogP contribution in [0.2, 0.25) is 0 Å². The van der Waals surface area contributed by atoms with Gasteiger partial charge in [0.05, 0.1) is 30.5 Å². The van der Waals surface area contributed by atoms with E-state index in [4.69, 9.17) is 15.2 Å². The minimum Gasteiger partial charge on any atom is -0.382 e. The van der Waals surface area contributed by atoms with Crippen molar-refractivity contribution in [1.29, 1.82) is 0 Å². The Balaban J connectivity index is 1.53. The number of anilines is 2. The second kappa shape index (κ2) is 8.65. The maximum Gasteiger partial charge on any atom is 0.147 e. The quantitative estimate of drug-likeness (QED) is 0.647. The van der Waals surface area contributed by atoms with Gasteiger partial charge in [-0.15, -0.1) is 0 Å². The number of nitrogen functional groups attached to an aromatic ring is 1. The third kappa shape index (κ3) is 4.01. The maximum atomic E-state index is 11.3. The smallest absolute Gasteiger partial charge is 0.147 e. The molecule has 3 heterocycles. The first kappa shape index (κ1) is 20.0. The SMILES string of the molecule is Nc1nc2ccc(-c3ccccc3C3CC(C=O)CCO3)cc2cc1N1CCOCC1. The third-order valence-electron chi connectivity index (χ3n) is 6.31. The first-order valence-electron chi connectivity index (χ1n) is 10.9. The summed E-state index contributed by atoms with van der Waals surface area (Å²) in [7, 11) is 0. The number of carbonyl (C=O) groups is 1. The average Bonchev–Trinajstić information content (AvgIpc) is 2.84. The highest BCUT2D eigenvalue weighted by Crippen LogP contribution is 2.38. The van der Waals surface area contributed by atoms with Crippen LogP contribution in [0.25, 0.3) is 22.0 Å². The summed E-state index contributed by atoms with van der Waals surface area (Å²) < 4.78 is 11.5. The summed E-state index contributed by atoms with van der Waals surface area (Å²) in [5.41, 5.74) is 11.5. The molecule has 0 amide bonds. The lowest BCUT2D eigenvalue weighted by Gasteiger charge is -2.29. The normalized spacial score (nSPS) is 21.9. The summed E-state index contributed by atoms with van der Waals surface area (Å²) in [5.74, 6) is 0.615. The van der Waals surface area contributed by atoms with Crippen LogP contribution in [0.1, 0.15) is 24.5 Å². The van der Waals surface area contributed by atoms with Crippen molar-refractivity contribution in [2.24, 2.45) is 5.92 Å². The van der Waals surface area contributed by atoms with E-state index in [0.717, 1.165) is 65.5 Å². The second-order valence-electron chi connectivity index (χ2n) is 8.27. The van der Waals surface area contributed by atoms with Gasteiger partial charge in [0.25, 0.3) is 0 Å². The summed E-state index contributed by atoms with van der Waals surface area (Å²) in [4.78, 5) is 18.2. The molecule has 2 fully saturated rings. The number of nitrogens with zero attached hydrogens (tertiary/aromatic N) is 2. The molecule has 2 aliphatic heterocycles. The summed E-state index contributed by atoms with van der Waals surface area (Å²) >= 11 is 0. The minimum absolute atomic E-state index is 0.0617. The fraction of sp³-hybridized carbons (Fsp3) is 0.360. The van der Waals surface area contributed by atoms with Gasteiger partial charge in [0.2, 0.25) is 0 Å². The lowest BCUT2D eigenvalue weighted by Crippen LogP contribution is -2.36. The van der Waals surface area contributed by atoms with Gasteiger partial charge in [0.15, 0.2) is 0 Å². The van der Waals surface area contributed by atoms with Crippen molar-refractivity contribution in [3.8, 4) is 11.1 Å². The lowest BCUT2D eigenvalue weighted by atomic mass is 9.88. The number of fused-ring (bicyclic) bond motifs is 1. The first-order chi connectivity index (χ1) is 15.2. The number of benzene rings is 2. The topological polar surface area (TPSA) is 77.7 Å². The van der Waals surface area contributed by atoms with Crippen LogP contribution in [0.15, 0.2) is 48.5 Å². The molecule has 6 nitrogen and oxygen atoms in total. The first-order valence-corrected chi connectivity index (χ1v) is 10.9. The number of hydrogen-bond donors (Lipinski definition) is 1. The van der Waals surface area contributed by atoms with Gasteiger partial charge in [-0.05, 0) is 47.7 Å². The molecule has 2 saturated heterocycles. The van der Waals surface area contributed by atoms with E-state index < -0.39 is 0 Å². The molecule has 31 heavy (non-hydrogen) atoms. The molecule has 0 saturated carbocycles. The molecule has 2 N–H and O–H groups in total. The highest BCUT2D eigenvalue weighted by molar-refractivity contribution is 5.90. The van der Waals surface area contributed by atoms with Gasteiger partial charge >= 0.3 is 0 Å². The molecule has 3 aromatic rings. The number of morpholine rings is 1. The van der Waals surface area contributed by atoms with E-state index in [1.165, 1.54) is 0 Å². The number of aldehydes is 1. The lowest BCUT2D eigenvalue weighted by molar-refractivity contribution is -0.115. The molecule has 2 atom stereocenters. The van der Waals surface area contributed by atoms with E-state index >= 15 is 0 Å².